The first-order valence-corrected chi connectivity index (χ1v) is 11.7. The number of benzene rings is 3. The van der Waals surface area contributed by atoms with Crippen LogP contribution in [0.15, 0.2) is 72.8 Å². The van der Waals surface area contributed by atoms with E-state index in [0.29, 0.717) is 12.8 Å². The summed E-state index contributed by atoms with van der Waals surface area (Å²) in [6.45, 7) is 0.161. The molecule has 1 aliphatic carbocycles. The molecule has 0 aliphatic heterocycles. The number of carboxylic acids is 1. The molecule has 4 rings (SSSR count). The molecule has 6 heteroatoms. The molecule has 32 heavy (non-hydrogen) atoms. The minimum Gasteiger partial charge on any atom is -0.480 e. The van der Waals surface area contributed by atoms with Gasteiger partial charge in [0.1, 0.15) is 12.6 Å². The van der Waals surface area contributed by atoms with Crippen molar-refractivity contribution < 1.29 is 19.4 Å². The lowest BCUT2D eigenvalue weighted by Crippen LogP contribution is -2.41. The lowest BCUT2D eigenvalue weighted by atomic mass is 9.98. The maximum absolute atomic E-state index is 12.4. The van der Waals surface area contributed by atoms with Crippen molar-refractivity contribution in [3.8, 4) is 11.1 Å². The highest BCUT2D eigenvalue weighted by Crippen LogP contribution is 2.44. The lowest BCUT2D eigenvalue weighted by molar-refractivity contribution is -0.139. The monoisotopic (exact) mass is 541 g/mol. The number of rotatable bonds is 8. The van der Waals surface area contributed by atoms with Gasteiger partial charge >= 0.3 is 12.1 Å². The number of hydrogen-bond donors (Lipinski definition) is 2. The highest BCUT2D eigenvalue weighted by molar-refractivity contribution is 14.1. The Morgan fingerprint density at radius 1 is 0.969 bits per heavy atom. The summed E-state index contributed by atoms with van der Waals surface area (Å²) in [7, 11) is 0. The molecule has 0 spiro atoms. The average molecular weight is 541 g/mol. The number of carboxylic acid groups (broad SMARTS) is 1. The molecular weight excluding hydrogens is 517 g/mol. The molecule has 0 aromatic heterocycles. The zero-order valence-electron chi connectivity index (χ0n) is 17.5. The van der Waals surface area contributed by atoms with Gasteiger partial charge in [0, 0.05) is 9.49 Å². The van der Waals surface area contributed by atoms with Gasteiger partial charge in [-0.25, -0.2) is 9.59 Å². The van der Waals surface area contributed by atoms with E-state index in [9.17, 15) is 14.7 Å². The van der Waals surface area contributed by atoms with E-state index in [2.05, 4.69) is 46.1 Å². The van der Waals surface area contributed by atoms with Gasteiger partial charge in [0.2, 0.25) is 0 Å². The number of amides is 1. The summed E-state index contributed by atoms with van der Waals surface area (Å²) in [5.74, 6) is -1.11. The topological polar surface area (TPSA) is 75.6 Å². The molecule has 1 amide bonds. The van der Waals surface area contributed by atoms with Crippen LogP contribution in [0.3, 0.4) is 0 Å². The normalized spacial score (nSPS) is 13.2. The Bertz CT molecular complexity index is 1080. The smallest absolute Gasteiger partial charge is 0.407 e. The predicted octanol–water partition coefficient (Wildman–Crippen LogP) is 5.61. The van der Waals surface area contributed by atoms with Gasteiger partial charge in [-0.3, -0.25) is 0 Å². The molecule has 0 unspecified atom stereocenters. The van der Waals surface area contributed by atoms with E-state index in [1.165, 1.54) is 0 Å². The van der Waals surface area contributed by atoms with Crippen LogP contribution in [-0.2, 0) is 16.0 Å². The molecule has 0 saturated carbocycles. The fourth-order valence-electron chi connectivity index (χ4n) is 4.24. The molecule has 3 aromatic rings. The van der Waals surface area contributed by atoms with E-state index in [4.69, 9.17) is 4.74 Å². The lowest BCUT2D eigenvalue weighted by Gasteiger charge is -2.17. The zero-order valence-corrected chi connectivity index (χ0v) is 19.6. The first kappa shape index (κ1) is 22.3. The summed E-state index contributed by atoms with van der Waals surface area (Å²) in [5.41, 5.74) is 5.69. The van der Waals surface area contributed by atoms with Crippen molar-refractivity contribution in [2.75, 3.05) is 6.61 Å². The van der Waals surface area contributed by atoms with Crippen LogP contribution in [0.4, 0.5) is 4.79 Å². The molecule has 0 heterocycles. The maximum atomic E-state index is 12.4. The van der Waals surface area contributed by atoms with E-state index < -0.39 is 18.1 Å². The number of ether oxygens (including phenoxy) is 1. The molecule has 1 atom stereocenters. The molecule has 0 saturated heterocycles. The number of fused-ring (bicyclic) bond motifs is 3. The Labute approximate surface area is 201 Å². The molecule has 0 bridgehead atoms. The van der Waals surface area contributed by atoms with Gasteiger partial charge in [-0.1, -0.05) is 60.7 Å². The molecule has 0 fully saturated rings. The highest BCUT2D eigenvalue weighted by atomic mass is 127. The second kappa shape index (κ2) is 10.2. The van der Waals surface area contributed by atoms with Crippen molar-refractivity contribution in [1.82, 2.24) is 5.32 Å². The summed E-state index contributed by atoms with van der Waals surface area (Å²) in [4.78, 5) is 24.1. The fourth-order valence-corrected chi connectivity index (χ4v) is 4.85. The Balaban J connectivity index is 1.34. The van der Waals surface area contributed by atoms with E-state index in [1.807, 2.05) is 54.6 Å². The van der Waals surface area contributed by atoms with Crippen molar-refractivity contribution >= 4 is 34.7 Å². The summed E-state index contributed by atoms with van der Waals surface area (Å²) in [6.07, 6.45) is 1.05. The molecule has 1 aliphatic rings. The molecular formula is C26H24INO4. The zero-order chi connectivity index (χ0) is 22.5. The molecule has 2 N–H and O–H groups in total. The van der Waals surface area contributed by atoms with Crippen LogP contribution in [0.5, 0.6) is 0 Å². The number of hydrogen-bond acceptors (Lipinski definition) is 3. The fraction of sp³-hybridized carbons (Fsp3) is 0.231. The third-order valence-corrected chi connectivity index (χ3v) is 6.45. The predicted molar refractivity (Wildman–Crippen MR) is 132 cm³/mol. The second-order valence-electron chi connectivity index (χ2n) is 7.88. The summed E-state index contributed by atoms with van der Waals surface area (Å²) >= 11 is 2.26. The molecule has 3 aromatic carbocycles. The van der Waals surface area contributed by atoms with Crippen LogP contribution in [0.2, 0.25) is 0 Å². The minimum absolute atomic E-state index is 0.0584. The quantitative estimate of drug-likeness (QED) is 0.364. The number of halogens is 1. The van der Waals surface area contributed by atoms with Crippen molar-refractivity contribution in [3.63, 3.8) is 0 Å². The summed E-state index contributed by atoms with van der Waals surface area (Å²) in [5, 5.41) is 12.1. The van der Waals surface area contributed by atoms with Gasteiger partial charge in [0.05, 0.1) is 0 Å². The van der Waals surface area contributed by atoms with Gasteiger partial charge in [-0.15, -0.1) is 0 Å². The Hall–Kier alpha value is -2.87. The number of nitrogens with one attached hydrogen (secondary N) is 1. The highest BCUT2D eigenvalue weighted by Gasteiger charge is 2.29. The van der Waals surface area contributed by atoms with E-state index in [0.717, 1.165) is 37.8 Å². The van der Waals surface area contributed by atoms with E-state index >= 15 is 0 Å². The molecule has 5 nitrogen and oxygen atoms in total. The third kappa shape index (κ3) is 5.12. The number of aliphatic carboxylic acids is 1. The van der Waals surface area contributed by atoms with Gasteiger partial charge in [0.25, 0.3) is 0 Å². The van der Waals surface area contributed by atoms with Gasteiger partial charge < -0.3 is 15.2 Å². The first-order valence-electron chi connectivity index (χ1n) is 10.6. The number of carbonyl (C=O) groups excluding carboxylic acids is 1. The maximum Gasteiger partial charge on any atom is 0.407 e. The standard InChI is InChI=1S/C26H24INO4/c27-18-9-5-7-17(15-18)8-6-14-24(25(29)30)28-26(31)32-16-23-21-12-3-1-10-19(21)20-11-2-4-13-22(20)23/h1-5,7,9-13,15,23-24H,6,8,14,16H2,(H,28,31)(H,29,30)/t24-/m0/s1. The minimum atomic E-state index is -1.05. The van der Waals surface area contributed by atoms with Crippen LogP contribution in [0.1, 0.15) is 35.4 Å². The van der Waals surface area contributed by atoms with Crippen LogP contribution in [-0.4, -0.2) is 29.8 Å². The Morgan fingerprint density at radius 3 is 2.25 bits per heavy atom. The van der Waals surface area contributed by atoms with Gasteiger partial charge in [-0.05, 0) is 81.8 Å². The Morgan fingerprint density at radius 2 is 1.62 bits per heavy atom. The van der Waals surface area contributed by atoms with E-state index in [-0.39, 0.29) is 12.5 Å². The summed E-state index contributed by atoms with van der Waals surface area (Å²) in [6, 6.07) is 23.3. The van der Waals surface area contributed by atoms with Crippen molar-refractivity contribution in [2.45, 2.75) is 31.2 Å². The van der Waals surface area contributed by atoms with Crippen molar-refractivity contribution in [2.24, 2.45) is 0 Å². The summed E-state index contributed by atoms with van der Waals surface area (Å²) < 4.78 is 6.63. The number of alkyl carbamates (subject to hydrolysis) is 1. The van der Waals surface area contributed by atoms with Crippen molar-refractivity contribution in [1.29, 1.82) is 0 Å². The Kier molecular flexibility index (Phi) is 7.09. The van der Waals surface area contributed by atoms with Crippen LogP contribution in [0, 0.1) is 3.57 Å². The van der Waals surface area contributed by atoms with Gasteiger partial charge in [-0.2, -0.15) is 0 Å². The number of carbonyl (C=O) groups is 2. The largest absolute Gasteiger partial charge is 0.480 e. The second-order valence-corrected chi connectivity index (χ2v) is 9.13. The van der Waals surface area contributed by atoms with Crippen LogP contribution >= 0.6 is 22.6 Å². The average Bonchev–Trinajstić information content (AvgIpc) is 3.11. The first-order chi connectivity index (χ1) is 15.5. The van der Waals surface area contributed by atoms with Crippen LogP contribution < -0.4 is 5.32 Å². The molecule has 0 radical (unpaired) electrons. The SMILES string of the molecule is O=C(N[C@@H](CCCc1cccc(I)c1)C(=O)O)OCC1c2ccccc2-c2ccccc21. The van der Waals surface area contributed by atoms with Crippen LogP contribution in [0.25, 0.3) is 11.1 Å². The van der Waals surface area contributed by atoms with Crippen molar-refractivity contribution in [3.05, 3.63) is 93.1 Å². The third-order valence-electron chi connectivity index (χ3n) is 5.78. The van der Waals surface area contributed by atoms with E-state index in [1.54, 1.807) is 0 Å². The number of aryl methyl sites for hydroxylation is 1. The van der Waals surface area contributed by atoms with Gasteiger partial charge in [0.15, 0.2) is 0 Å². The molecule has 164 valence electrons.